The molecule has 0 bridgehead atoms. The van der Waals surface area contributed by atoms with Crippen LogP contribution in [0.4, 0.5) is 5.69 Å². The Bertz CT molecular complexity index is 988. The lowest BCUT2D eigenvalue weighted by Gasteiger charge is -2.21. The van der Waals surface area contributed by atoms with Gasteiger partial charge in [-0.25, -0.2) is 0 Å². The summed E-state index contributed by atoms with van der Waals surface area (Å²) in [6, 6.07) is 14.1. The summed E-state index contributed by atoms with van der Waals surface area (Å²) in [4.78, 5) is 12.9. The molecule has 1 aliphatic carbocycles. The van der Waals surface area contributed by atoms with E-state index < -0.39 is 0 Å². The predicted molar refractivity (Wildman–Crippen MR) is 119 cm³/mol. The fraction of sp³-hybridized carbons (Fsp3) is 0.435. The molecule has 1 amide bonds. The Hall–Kier alpha value is -2.34. The maximum Gasteiger partial charge on any atom is 0.237 e. The van der Waals surface area contributed by atoms with E-state index in [9.17, 15) is 4.79 Å². The average Bonchev–Trinajstić information content (AvgIpc) is 3.17. The summed E-state index contributed by atoms with van der Waals surface area (Å²) in [6.45, 7) is 4.89. The molecule has 1 fully saturated rings. The highest BCUT2D eigenvalue weighted by Crippen LogP contribution is 2.34. The molecule has 0 radical (unpaired) electrons. The first-order valence-electron chi connectivity index (χ1n) is 10.6. The molecule has 1 saturated carbocycles. The van der Waals surface area contributed by atoms with Gasteiger partial charge in [0.2, 0.25) is 5.91 Å². The summed E-state index contributed by atoms with van der Waals surface area (Å²) in [5, 5.41) is 14.8. The van der Waals surface area contributed by atoms with Gasteiger partial charge in [0.05, 0.1) is 5.25 Å². The summed E-state index contributed by atoms with van der Waals surface area (Å²) in [5.41, 5.74) is 0.848. The van der Waals surface area contributed by atoms with Crippen molar-refractivity contribution in [3.63, 3.8) is 0 Å². The van der Waals surface area contributed by atoms with Crippen molar-refractivity contribution in [2.24, 2.45) is 0 Å². The highest BCUT2D eigenvalue weighted by Gasteiger charge is 2.25. The topological polar surface area (TPSA) is 59.8 Å². The van der Waals surface area contributed by atoms with Gasteiger partial charge in [0, 0.05) is 23.5 Å². The van der Waals surface area contributed by atoms with Crippen LogP contribution in [0.1, 0.15) is 57.7 Å². The smallest absolute Gasteiger partial charge is 0.237 e. The van der Waals surface area contributed by atoms with Crippen molar-refractivity contribution >= 4 is 34.1 Å². The molecule has 0 spiro atoms. The average molecular weight is 409 g/mol. The van der Waals surface area contributed by atoms with Gasteiger partial charge < -0.3 is 9.88 Å². The van der Waals surface area contributed by atoms with E-state index in [1.165, 1.54) is 43.9 Å². The Labute approximate surface area is 176 Å². The number of thioether (sulfide) groups is 1. The van der Waals surface area contributed by atoms with Crippen LogP contribution in [0.3, 0.4) is 0 Å². The maximum absolute atomic E-state index is 12.9. The van der Waals surface area contributed by atoms with Gasteiger partial charge in [0.1, 0.15) is 5.82 Å². The molecule has 0 unspecified atom stereocenters. The first kappa shape index (κ1) is 20.0. The molecule has 0 saturated heterocycles. The Morgan fingerprint density at radius 2 is 1.90 bits per heavy atom. The summed E-state index contributed by atoms with van der Waals surface area (Å²) in [5.74, 6) is 1.58. The van der Waals surface area contributed by atoms with Crippen LogP contribution < -0.4 is 5.32 Å². The molecule has 2 aromatic carbocycles. The van der Waals surface area contributed by atoms with Crippen LogP contribution in [0.2, 0.25) is 0 Å². The van der Waals surface area contributed by atoms with Gasteiger partial charge in [-0.3, -0.25) is 4.79 Å². The van der Waals surface area contributed by atoms with Crippen molar-refractivity contribution in [3.05, 3.63) is 48.3 Å². The number of benzene rings is 2. The molecular formula is C23H28N4OS. The van der Waals surface area contributed by atoms with Crippen LogP contribution in [-0.2, 0) is 11.3 Å². The molecule has 1 N–H and O–H groups in total. The lowest BCUT2D eigenvalue weighted by molar-refractivity contribution is -0.115. The van der Waals surface area contributed by atoms with Crippen molar-refractivity contribution < 1.29 is 4.79 Å². The third-order valence-corrected chi connectivity index (χ3v) is 6.81. The molecular weight excluding hydrogens is 380 g/mol. The van der Waals surface area contributed by atoms with E-state index in [2.05, 4.69) is 39.1 Å². The van der Waals surface area contributed by atoms with E-state index in [-0.39, 0.29) is 11.2 Å². The number of amides is 1. The molecule has 1 aliphatic rings. The number of hydrogen-bond acceptors (Lipinski definition) is 4. The largest absolute Gasteiger partial charge is 0.325 e. The highest BCUT2D eigenvalue weighted by atomic mass is 32.2. The zero-order chi connectivity index (χ0) is 20.2. The number of nitrogens with zero attached hydrogens (tertiary/aromatic N) is 3. The van der Waals surface area contributed by atoms with E-state index in [0.29, 0.717) is 5.92 Å². The highest BCUT2D eigenvalue weighted by molar-refractivity contribution is 8.00. The number of carbonyl (C=O) groups is 1. The minimum Gasteiger partial charge on any atom is -0.325 e. The van der Waals surface area contributed by atoms with Gasteiger partial charge in [-0.2, -0.15) is 0 Å². The second-order valence-corrected chi connectivity index (χ2v) is 9.00. The Morgan fingerprint density at radius 1 is 1.14 bits per heavy atom. The lowest BCUT2D eigenvalue weighted by Crippen LogP contribution is -2.23. The normalized spacial score (nSPS) is 16.1. The number of anilines is 1. The second-order valence-electron chi connectivity index (χ2n) is 7.70. The molecule has 4 rings (SSSR count). The van der Waals surface area contributed by atoms with Crippen molar-refractivity contribution in [3.8, 4) is 0 Å². The SMILES string of the molecule is CCn1c(S[C@@H](C)C(=O)Nc2cccc3ccccc23)nnc1C1CCCCC1. The minimum absolute atomic E-state index is 0.0174. The number of carbonyl (C=O) groups excluding carboxylic acids is 1. The first-order valence-corrected chi connectivity index (χ1v) is 11.4. The van der Waals surface area contributed by atoms with Crippen LogP contribution in [0, 0.1) is 0 Å². The van der Waals surface area contributed by atoms with Crippen LogP contribution in [0.5, 0.6) is 0 Å². The zero-order valence-corrected chi connectivity index (χ0v) is 17.9. The third kappa shape index (κ3) is 4.32. The Kier molecular flexibility index (Phi) is 6.19. The Balaban J connectivity index is 1.48. The fourth-order valence-electron chi connectivity index (χ4n) is 4.13. The zero-order valence-electron chi connectivity index (χ0n) is 17.1. The lowest BCUT2D eigenvalue weighted by atomic mass is 9.89. The van der Waals surface area contributed by atoms with Gasteiger partial charge in [0.15, 0.2) is 5.16 Å². The standard InChI is InChI=1S/C23H28N4OS/c1-3-27-21(18-11-5-4-6-12-18)25-26-23(27)29-16(2)22(28)24-20-15-9-13-17-10-7-8-14-19(17)20/h7-10,13-16,18H,3-6,11-12H2,1-2H3,(H,24,28)/t16-/m0/s1. The van der Waals surface area contributed by atoms with Crippen LogP contribution in [-0.4, -0.2) is 25.9 Å². The van der Waals surface area contributed by atoms with E-state index in [0.717, 1.165) is 34.0 Å². The van der Waals surface area contributed by atoms with Crippen molar-refractivity contribution in [2.75, 3.05) is 5.32 Å². The van der Waals surface area contributed by atoms with E-state index >= 15 is 0 Å². The number of nitrogens with one attached hydrogen (secondary N) is 1. The molecule has 3 aromatic rings. The second kappa shape index (κ2) is 8.99. The number of hydrogen-bond donors (Lipinski definition) is 1. The molecule has 0 aliphatic heterocycles. The van der Waals surface area contributed by atoms with Crippen LogP contribution in [0.25, 0.3) is 10.8 Å². The van der Waals surface area contributed by atoms with Crippen molar-refractivity contribution in [2.45, 2.75) is 68.8 Å². The molecule has 5 nitrogen and oxygen atoms in total. The fourth-order valence-corrected chi connectivity index (χ4v) is 5.05. The van der Waals surface area contributed by atoms with E-state index in [1.807, 2.05) is 37.3 Å². The number of fused-ring (bicyclic) bond motifs is 1. The molecule has 152 valence electrons. The molecule has 1 heterocycles. The monoisotopic (exact) mass is 408 g/mol. The van der Waals surface area contributed by atoms with Crippen LogP contribution >= 0.6 is 11.8 Å². The van der Waals surface area contributed by atoms with Crippen molar-refractivity contribution in [1.82, 2.24) is 14.8 Å². The molecule has 1 atom stereocenters. The summed E-state index contributed by atoms with van der Waals surface area (Å²) >= 11 is 1.49. The van der Waals surface area contributed by atoms with Gasteiger partial charge in [-0.15, -0.1) is 10.2 Å². The predicted octanol–water partition coefficient (Wildman–Crippen LogP) is 5.62. The minimum atomic E-state index is -0.261. The van der Waals surface area contributed by atoms with E-state index in [4.69, 9.17) is 0 Å². The molecule has 1 aromatic heterocycles. The summed E-state index contributed by atoms with van der Waals surface area (Å²) in [7, 11) is 0. The van der Waals surface area contributed by atoms with Gasteiger partial charge in [-0.05, 0) is 38.1 Å². The van der Waals surface area contributed by atoms with Gasteiger partial charge in [0.25, 0.3) is 0 Å². The summed E-state index contributed by atoms with van der Waals surface area (Å²) in [6.07, 6.45) is 6.25. The number of aromatic nitrogens is 3. The summed E-state index contributed by atoms with van der Waals surface area (Å²) < 4.78 is 2.20. The van der Waals surface area contributed by atoms with E-state index in [1.54, 1.807) is 0 Å². The first-order chi connectivity index (χ1) is 14.2. The van der Waals surface area contributed by atoms with Gasteiger partial charge >= 0.3 is 0 Å². The van der Waals surface area contributed by atoms with Crippen molar-refractivity contribution in [1.29, 1.82) is 0 Å². The maximum atomic E-state index is 12.9. The Morgan fingerprint density at radius 3 is 2.69 bits per heavy atom. The molecule has 29 heavy (non-hydrogen) atoms. The van der Waals surface area contributed by atoms with Gasteiger partial charge in [-0.1, -0.05) is 67.4 Å². The third-order valence-electron chi connectivity index (χ3n) is 5.73. The number of rotatable bonds is 6. The quantitative estimate of drug-likeness (QED) is 0.538. The molecule has 6 heteroatoms. The van der Waals surface area contributed by atoms with Crippen LogP contribution in [0.15, 0.2) is 47.6 Å².